The van der Waals surface area contributed by atoms with Gasteiger partial charge in [0.15, 0.2) is 0 Å². The molecule has 0 aliphatic rings. The van der Waals surface area contributed by atoms with E-state index in [1.807, 2.05) is 32.9 Å². The van der Waals surface area contributed by atoms with Gasteiger partial charge in [0.2, 0.25) is 0 Å². The molecular weight excluding hydrogens is 426 g/mol. The molecule has 33 heavy (non-hydrogen) atoms. The van der Waals surface area contributed by atoms with Gasteiger partial charge in [-0.1, -0.05) is 31.5 Å². The van der Waals surface area contributed by atoms with Gasteiger partial charge in [0, 0.05) is 28.9 Å². The van der Waals surface area contributed by atoms with Crippen LogP contribution in [0.15, 0.2) is 65.8 Å². The number of nitrogens with zero attached hydrogens (tertiary/aromatic N) is 2. The molecule has 0 aromatic heterocycles. The third-order valence-electron chi connectivity index (χ3n) is 4.35. The molecule has 3 rings (SSSR count). The van der Waals surface area contributed by atoms with Crippen molar-refractivity contribution in [3.63, 3.8) is 0 Å². The first-order valence-corrected chi connectivity index (χ1v) is 9.98. The normalized spacial score (nSPS) is 9.79. The van der Waals surface area contributed by atoms with Gasteiger partial charge >= 0.3 is 0 Å². The number of benzene rings is 3. The number of aryl methyl sites for hydroxylation is 1. The maximum atomic E-state index is 12.5. The molecule has 0 radical (unpaired) electrons. The molecule has 0 heterocycles. The van der Waals surface area contributed by atoms with Crippen LogP contribution in [-0.2, 0) is 0 Å². The van der Waals surface area contributed by atoms with Crippen LogP contribution in [0.25, 0.3) is 0 Å². The number of hydrogen-bond acceptors (Lipinski definition) is 7. The van der Waals surface area contributed by atoms with E-state index in [-0.39, 0.29) is 22.8 Å². The zero-order chi connectivity index (χ0) is 24.5. The zero-order valence-corrected chi connectivity index (χ0v) is 18.3. The Morgan fingerprint density at radius 1 is 0.909 bits per heavy atom. The van der Waals surface area contributed by atoms with Crippen LogP contribution in [0.1, 0.15) is 40.1 Å². The first-order chi connectivity index (χ1) is 15.8. The predicted molar refractivity (Wildman–Crippen MR) is 128 cm³/mol. The fourth-order valence-electron chi connectivity index (χ4n) is 2.74. The highest BCUT2D eigenvalue weighted by atomic mass is 16.6. The van der Waals surface area contributed by atoms with Crippen LogP contribution < -0.4 is 16.4 Å². The summed E-state index contributed by atoms with van der Waals surface area (Å²) in [6.45, 7) is 5.91. The lowest BCUT2D eigenvalue weighted by molar-refractivity contribution is -0.384. The molecule has 170 valence electrons. The van der Waals surface area contributed by atoms with Gasteiger partial charge in [-0.3, -0.25) is 19.7 Å². The number of hydrogen-bond donors (Lipinski definition) is 3. The fraction of sp³-hybridized carbons (Fsp3) is 0.130. The van der Waals surface area contributed by atoms with E-state index in [4.69, 9.17) is 5.73 Å². The molecule has 0 saturated heterocycles. The minimum absolute atomic E-state index is 0.112. The Balaban J connectivity index is 0.00000187. The van der Waals surface area contributed by atoms with Gasteiger partial charge in [-0.15, -0.1) is 4.91 Å². The molecule has 2 amide bonds. The average molecular weight is 449 g/mol. The van der Waals surface area contributed by atoms with Gasteiger partial charge in [-0.2, -0.15) is 0 Å². The van der Waals surface area contributed by atoms with Gasteiger partial charge < -0.3 is 16.4 Å². The number of nitrogens with two attached hydrogens (primary N) is 1. The van der Waals surface area contributed by atoms with Crippen molar-refractivity contribution in [1.29, 1.82) is 0 Å². The predicted octanol–water partition coefficient (Wildman–Crippen LogP) is 5.41. The third-order valence-corrected chi connectivity index (χ3v) is 4.35. The second-order valence-corrected chi connectivity index (χ2v) is 6.66. The number of nitroso groups, excluding NO2 is 1. The summed E-state index contributed by atoms with van der Waals surface area (Å²) in [7, 11) is 0. The molecule has 0 aliphatic heterocycles. The molecule has 0 atom stereocenters. The summed E-state index contributed by atoms with van der Waals surface area (Å²) in [5.74, 6) is -1.03. The van der Waals surface area contributed by atoms with Crippen LogP contribution in [-0.4, -0.2) is 16.7 Å². The highest BCUT2D eigenvalue weighted by Crippen LogP contribution is 2.26. The first-order valence-electron chi connectivity index (χ1n) is 9.98. The van der Waals surface area contributed by atoms with E-state index in [2.05, 4.69) is 15.8 Å². The standard InChI is InChI=1S/C21H17N5O5.C2H6/c1-12-2-4-13(5-3-12)20(27)24-19-7-6-15(11-18(19)22)23-21(28)14-8-16(25-29)10-17(9-14)26(30)31;1-2/h2-11H,22H2,1H3,(H,23,28)(H,24,27);1-2H3. The van der Waals surface area contributed by atoms with Gasteiger partial charge in [0.1, 0.15) is 5.69 Å². The first kappa shape index (κ1) is 24.7. The van der Waals surface area contributed by atoms with Crippen LogP contribution in [0.2, 0.25) is 0 Å². The average Bonchev–Trinajstić information content (AvgIpc) is 2.82. The number of rotatable bonds is 6. The second-order valence-electron chi connectivity index (χ2n) is 6.66. The van der Waals surface area contributed by atoms with Crippen molar-refractivity contribution in [2.24, 2.45) is 5.18 Å². The van der Waals surface area contributed by atoms with Crippen molar-refractivity contribution in [3.8, 4) is 0 Å². The minimum Gasteiger partial charge on any atom is -0.397 e. The summed E-state index contributed by atoms with van der Waals surface area (Å²) in [4.78, 5) is 45.8. The van der Waals surface area contributed by atoms with Crippen LogP contribution in [0.5, 0.6) is 0 Å². The van der Waals surface area contributed by atoms with E-state index in [9.17, 15) is 24.6 Å². The topological polar surface area (TPSA) is 157 Å². The van der Waals surface area contributed by atoms with Crippen molar-refractivity contribution >= 4 is 40.3 Å². The number of carbonyl (C=O) groups is 2. The lowest BCUT2D eigenvalue weighted by atomic mass is 10.1. The quantitative estimate of drug-likeness (QED) is 0.197. The molecule has 3 aromatic rings. The summed E-state index contributed by atoms with van der Waals surface area (Å²) in [6.07, 6.45) is 0. The van der Waals surface area contributed by atoms with E-state index in [1.165, 1.54) is 18.2 Å². The second kappa shape index (κ2) is 11.1. The van der Waals surface area contributed by atoms with Gasteiger partial charge in [0.05, 0.1) is 16.3 Å². The molecular formula is C23H23N5O5. The number of carbonyl (C=O) groups excluding carboxylic acids is 2. The minimum atomic E-state index is -0.727. The zero-order valence-electron chi connectivity index (χ0n) is 18.3. The molecule has 4 N–H and O–H groups in total. The maximum absolute atomic E-state index is 12.5. The SMILES string of the molecule is CC.Cc1ccc(C(=O)Nc2ccc(NC(=O)c3cc(N=O)cc([N+](=O)[O-])c3)cc2N)cc1. The van der Waals surface area contributed by atoms with Crippen LogP contribution >= 0.6 is 0 Å². The molecule has 3 aromatic carbocycles. The van der Waals surface area contributed by atoms with E-state index < -0.39 is 16.5 Å². The van der Waals surface area contributed by atoms with Gasteiger partial charge in [-0.25, -0.2) is 0 Å². The molecule has 10 nitrogen and oxygen atoms in total. The highest BCUT2D eigenvalue weighted by Gasteiger charge is 2.16. The number of nitro groups is 1. The summed E-state index contributed by atoms with van der Waals surface area (Å²) in [5.41, 5.74) is 7.53. The summed E-state index contributed by atoms with van der Waals surface area (Å²) in [5, 5.41) is 18.9. The van der Waals surface area contributed by atoms with Crippen molar-refractivity contribution in [2.75, 3.05) is 16.4 Å². The number of nitro benzene ring substituents is 1. The van der Waals surface area contributed by atoms with Crippen LogP contribution in [0.3, 0.4) is 0 Å². The Morgan fingerprint density at radius 3 is 2.12 bits per heavy atom. The lowest BCUT2D eigenvalue weighted by Gasteiger charge is -2.11. The molecule has 0 aliphatic carbocycles. The lowest BCUT2D eigenvalue weighted by Crippen LogP contribution is -2.15. The number of non-ortho nitro benzene ring substituents is 1. The summed E-state index contributed by atoms with van der Waals surface area (Å²) < 4.78 is 0. The van der Waals surface area contributed by atoms with Crippen LogP contribution in [0, 0.1) is 21.9 Å². The Morgan fingerprint density at radius 2 is 1.55 bits per heavy atom. The fourth-order valence-corrected chi connectivity index (χ4v) is 2.74. The van der Waals surface area contributed by atoms with Crippen molar-refractivity contribution in [1.82, 2.24) is 0 Å². The Bertz CT molecular complexity index is 1190. The van der Waals surface area contributed by atoms with E-state index in [0.29, 0.717) is 16.9 Å². The monoisotopic (exact) mass is 449 g/mol. The van der Waals surface area contributed by atoms with Crippen LogP contribution in [0.4, 0.5) is 28.4 Å². The molecule has 0 fully saturated rings. The summed E-state index contributed by atoms with van der Waals surface area (Å²) >= 11 is 0. The van der Waals surface area contributed by atoms with Crippen molar-refractivity contribution in [3.05, 3.63) is 92.4 Å². The summed E-state index contributed by atoms with van der Waals surface area (Å²) in [6, 6.07) is 14.6. The van der Waals surface area contributed by atoms with Gasteiger partial charge in [-0.05, 0) is 48.5 Å². The Hall–Kier alpha value is -4.60. The van der Waals surface area contributed by atoms with Gasteiger partial charge in [0.25, 0.3) is 17.5 Å². The largest absolute Gasteiger partial charge is 0.397 e. The Labute approximate surface area is 189 Å². The molecule has 10 heteroatoms. The van der Waals surface area contributed by atoms with E-state index in [0.717, 1.165) is 23.8 Å². The third kappa shape index (κ3) is 6.44. The number of anilines is 3. The molecule has 0 unspecified atom stereocenters. The van der Waals surface area contributed by atoms with E-state index >= 15 is 0 Å². The van der Waals surface area contributed by atoms with E-state index in [1.54, 1.807) is 12.1 Å². The molecule has 0 bridgehead atoms. The molecule has 0 spiro atoms. The number of amides is 2. The number of nitrogens with one attached hydrogen (secondary N) is 2. The maximum Gasteiger partial charge on any atom is 0.272 e. The highest BCUT2D eigenvalue weighted by molar-refractivity contribution is 6.07. The Kier molecular flexibility index (Phi) is 8.33. The van der Waals surface area contributed by atoms with Crippen molar-refractivity contribution < 1.29 is 14.5 Å². The molecule has 0 saturated carbocycles. The van der Waals surface area contributed by atoms with Crippen molar-refractivity contribution in [2.45, 2.75) is 20.8 Å². The number of nitrogen functional groups attached to an aromatic ring is 1. The smallest absolute Gasteiger partial charge is 0.272 e.